The van der Waals surface area contributed by atoms with E-state index >= 15 is 0 Å². The summed E-state index contributed by atoms with van der Waals surface area (Å²) in [6, 6.07) is 8.83. The van der Waals surface area contributed by atoms with Crippen molar-refractivity contribution in [2.45, 2.75) is 12.3 Å². The Hall–Kier alpha value is -1.69. The first-order valence-corrected chi connectivity index (χ1v) is 8.22. The second-order valence-corrected chi connectivity index (χ2v) is 6.17. The summed E-state index contributed by atoms with van der Waals surface area (Å²) in [5, 5.41) is 12.1. The van der Waals surface area contributed by atoms with Gasteiger partial charge < -0.3 is 15.3 Å². The number of hydrogen-bond donors (Lipinski definition) is 2. The van der Waals surface area contributed by atoms with Crippen molar-refractivity contribution in [2.24, 2.45) is 0 Å². The summed E-state index contributed by atoms with van der Waals surface area (Å²) in [5.74, 6) is 0.379. The Labute approximate surface area is 128 Å². The van der Waals surface area contributed by atoms with E-state index < -0.39 is 11.9 Å². The standard InChI is InChI=1S/C15H20N2O3S/c18-14(19)13(12-5-2-1-3-6-12)11-16-15(20)17-7-4-9-21-10-8-17/h1-3,5-6,13H,4,7-11H2,(H,16,20)(H,18,19). The van der Waals surface area contributed by atoms with Crippen LogP contribution in [0.25, 0.3) is 0 Å². The summed E-state index contributed by atoms with van der Waals surface area (Å²) in [6.07, 6.45) is 0.985. The number of carboxylic acid groups (broad SMARTS) is 1. The molecule has 0 spiro atoms. The Morgan fingerprint density at radius 3 is 2.71 bits per heavy atom. The largest absolute Gasteiger partial charge is 0.481 e. The lowest BCUT2D eigenvalue weighted by Crippen LogP contribution is -2.43. The van der Waals surface area contributed by atoms with Gasteiger partial charge in [0, 0.05) is 25.4 Å². The Balaban J connectivity index is 1.92. The number of benzene rings is 1. The number of amides is 2. The molecular formula is C15H20N2O3S. The normalized spacial score (nSPS) is 16.9. The van der Waals surface area contributed by atoms with Gasteiger partial charge in [-0.2, -0.15) is 11.8 Å². The second kappa shape index (κ2) is 7.93. The van der Waals surface area contributed by atoms with Crippen LogP contribution >= 0.6 is 11.8 Å². The molecule has 2 rings (SSSR count). The molecule has 0 bridgehead atoms. The minimum Gasteiger partial charge on any atom is -0.481 e. The van der Waals surface area contributed by atoms with E-state index in [0.29, 0.717) is 5.56 Å². The molecule has 1 heterocycles. The van der Waals surface area contributed by atoms with Gasteiger partial charge in [-0.05, 0) is 17.7 Å². The van der Waals surface area contributed by atoms with Gasteiger partial charge in [0.2, 0.25) is 0 Å². The molecule has 0 saturated carbocycles. The molecule has 2 N–H and O–H groups in total. The van der Waals surface area contributed by atoms with Crippen LogP contribution in [0, 0.1) is 0 Å². The van der Waals surface area contributed by atoms with Gasteiger partial charge in [0.05, 0.1) is 5.92 Å². The van der Waals surface area contributed by atoms with Crippen molar-refractivity contribution in [1.29, 1.82) is 0 Å². The predicted molar refractivity (Wildman–Crippen MR) is 83.7 cm³/mol. The number of urea groups is 1. The highest BCUT2D eigenvalue weighted by molar-refractivity contribution is 7.99. The van der Waals surface area contributed by atoms with Crippen molar-refractivity contribution in [1.82, 2.24) is 10.2 Å². The molecular weight excluding hydrogens is 288 g/mol. The first-order chi connectivity index (χ1) is 10.2. The fourth-order valence-electron chi connectivity index (χ4n) is 2.28. The Kier molecular flexibility index (Phi) is 5.92. The Bertz CT molecular complexity index is 473. The van der Waals surface area contributed by atoms with Crippen molar-refractivity contribution < 1.29 is 14.7 Å². The van der Waals surface area contributed by atoms with E-state index in [-0.39, 0.29) is 12.6 Å². The molecule has 5 nitrogen and oxygen atoms in total. The Morgan fingerprint density at radius 2 is 2.00 bits per heavy atom. The molecule has 6 heteroatoms. The van der Waals surface area contributed by atoms with Crippen molar-refractivity contribution in [3.05, 3.63) is 35.9 Å². The van der Waals surface area contributed by atoms with Gasteiger partial charge >= 0.3 is 12.0 Å². The van der Waals surface area contributed by atoms with Gasteiger partial charge in [-0.25, -0.2) is 4.79 Å². The minimum absolute atomic E-state index is 0.113. The zero-order valence-electron chi connectivity index (χ0n) is 11.8. The van der Waals surface area contributed by atoms with Crippen LogP contribution in [0.3, 0.4) is 0 Å². The SMILES string of the molecule is O=C(O)C(CNC(=O)N1CCCSCC1)c1ccccc1. The van der Waals surface area contributed by atoms with E-state index in [0.717, 1.165) is 31.0 Å². The molecule has 0 aromatic heterocycles. The molecule has 1 aromatic carbocycles. The zero-order chi connectivity index (χ0) is 15.1. The average molecular weight is 308 g/mol. The highest BCUT2D eigenvalue weighted by Gasteiger charge is 2.22. The van der Waals surface area contributed by atoms with Crippen LogP contribution in [0.1, 0.15) is 17.9 Å². The third-order valence-electron chi connectivity index (χ3n) is 3.47. The maximum atomic E-state index is 12.1. The molecule has 114 valence electrons. The van der Waals surface area contributed by atoms with Gasteiger partial charge in [0.1, 0.15) is 0 Å². The second-order valence-electron chi connectivity index (χ2n) is 4.94. The highest BCUT2D eigenvalue weighted by atomic mass is 32.2. The number of nitrogens with zero attached hydrogens (tertiary/aromatic N) is 1. The van der Waals surface area contributed by atoms with Crippen LogP contribution in [0.15, 0.2) is 30.3 Å². The fourth-order valence-corrected chi connectivity index (χ4v) is 3.17. The predicted octanol–water partition coefficient (Wildman–Crippen LogP) is 2.00. The Morgan fingerprint density at radius 1 is 1.24 bits per heavy atom. The van der Waals surface area contributed by atoms with E-state index in [1.165, 1.54) is 0 Å². The number of carboxylic acids is 1. The molecule has 0 radical (unpaired) electrons. The molecule has 2 amide bonds. The molecule has 1 aromatic rings. The van der Waals surface area contributed by atoms with E-state index in [1.807, 2.05) is 17.8 Å². The molecule has 1 saturated heterocycles. The molecule has 1 aliphatic heterocycles. The lowest BCUT2D eigenvalue weighted by molar-refractivity contribution is -0.138. The number of nitrogens with one attached hydrogen (secondary N) is 1. The topological polar surface area (TPSA) is 69.6 Å². The van der Waals surface area contributed by atoms with Gasteiger partial charge in [0.25, 0.3) is 0 Å². The maximum Gasteiger partial charge on any atom is 0.317 e. The molecule has 1 atom stereocenters. The summed E-state index contributed by atoms with van der Waals surface area (Å²) in [7, 11) is 0. The van der Waals surface area contributed by atoms with E-state index in [1.54, 1.807) is 29.2 Å². The third kappa shape index (κ3) is 4.67. The fraction of sp³-hybridized carbons (Fsp3) is 0.467. The van der Waals surface area contributed by atoms with E-state index in [4.69, 9.17) is 0 Å². The first kappa shape index (κ1) is 15.7. The van der Waals surface area contributed by atoms with Gasteiger partial charge in [-0.1, -0.05) is 30.3 Å². The maximum absolute atomic E-state index is 12.1. The molecule has 21 heavy (non-hydrogen) atoms. The molecule has 1 aliphatic rings. The third-order valence-corrected chi connectivity index (χ3v) is 4.52. The van der Waals surface area contributed by atoms with Crippen LogP contribution in [0.2, 0.25) is 0 Å². The number of hydrogen-bond acceptors (Lipinski definition) is 3. The van der Waals surface area contributed by atoms with Crippen LogP contribution < -0.4 is 5.32 Å². The van der Waals surface area contributed by atoms with Crippen LogP contribution in [-0.4, -0.2) is 53.1 Å². The number of aliphatic carboxylic acids is 1. The monoisotopic (exact) mass is 308 g/mol. The number of carbonyl (C=O) groups is 2. The van der Waals surface area contributed by atoms with Gasteiger partial charge in [0.15, 0.2) is 0 Å². The van der Waals surface area contributed by atoms with E-state index in [9.17, 15) is 14.7 Å². The van der Waals surface area contributed by atoms with Gasteiger partial charge in [-0.15, -0.1) is 0 Å². The van der Waals surface area contributed by atoms with Crippen molar-refractivity contribution in [2.75, 3.05) is 31.1 Å². The first-order valence-electron chi connectivity index (χ1n) is 7.07. The summed E-state index contributed by atoms with van der Waals surface area (Å²) < 4.78 is 0. The molecule has 1 unspecified atom stereocenters. The average Bonchev–Trinajstić information content (AvgIpc) is 2.77. The van der Waals surface area contributed by atoms with Crippen molar-refractivity contribution >= 4 is 23.8 Å². The number of thioether (sulfide) groups is 1. The summed E-state index contributed by atoms with van der Waals surface area (Å²) in [5.41, 5.74) is 0.705. The summed E-state index contributed by atoms with van der Waals surface area (Å²) >= 11 is 1.85. The smallest absolute Gasteiger partial charge is 0.317 e. The lowest BCUT2D eigenvalue weighted by Gasteiger charge is -2.22. The quantitative estimate of drug-likeness (QED) is 0.892. The van der Waals surface area contributed by atoms with Crippen LogP contribution in [0.5, 0.6) is 0 Å². The van der Waals surface area contributed by atoms with Gasteiger partial charge in [-0.3, -0.25) is 4.79 Å². The zero-order valence-corrected chi connectivity index (χ0v) is 12.6. The van der Waals surface area contributed by atoms with Crippen molar-refractivity contribution in [3.63, 3.8) is 0 Å². The van der Waals surface area contributed by atoms with Crippen LogP contribution in [0.4, 0.5) is 4.79 Å². The van der Waals surface area contributed by atoms with Crippen molar-refractivity contribution in [3.8, 4) is 0 Å². The molecule has 1 fully saturated rings. The summed E-state index contributed by atoms with van der Waals surface area (Å²) in [6.45, 7) is 1.57. The number of carbonyl (C=O) groups excluding carboxylic acids is 1. The minimum atomic E-state index is -0.923. The number of rotatable bonds is 4. The molecule has 0 aliphatic carbocycles. The van der Waals surface area contributed by atoms with Crippen LogP contribution in [-0.2, 0) is 4.79 Å². The summed E-state index contributed by atoms with van der Waals surface area (Å²) in [4.78, 5) is 25.3. The lowest BCUT2D eigenvalue weighted by atomic mass is 9.99. The van der Waals surface area contributed by atoms with E-state index in [2.05, 4.69) is 5.32 Å². The highest BCUT2D eigenvalue weighted by Crippen LogP contribution is 2.15.